The molecule has 4 nitrogen and oxygen atoms in total. The first-order valence-corrected chi connectivity index (χ1v) is 6.77. The van der Waals surface area contributed by atoms with Gasteiger partial charge in [0.15, 0.2) is 0 Å². The van der Waals surface area contributed by atoms with Gasteiger partial charge in [0.25, 0.3) is 0 Å². The summed E-state index contributed by atoms with van der Waals surface area (Å²) in [5.74, 6) is -0.402. The third-order valence-corrected chi connectivity index (χ3v) is 2.45. The molecule has 4 heteroatoms. The number of hydrogen-bond acceptors (Lipinski definition) is 2. The minimum Gasteiger partial charge on any atom is -0.356 e. The minimum atomic E-state index is -0.211. The molecule has 0 aliphatic heterocycles. The molecule has 0 radical (unpaired) electrons. The van der Waals surface area contributed by atoms with E-state index >= 15 is 0 Å². The van der Waals surface area contributed by atoms with Crippen LogP contribution in [-0.2, 0) is 9.59 Å². The Hall–Kier alpha value is -1.06. The molecule has 0 aromatic heterocycles. The Labute approximate surface area is 111 Å². The van der Waals surface area contributed by atoms with Crippen LogP contribution in [0, 0.1) is 5.41 Å². The van der Waals surface area contributed by atoms with Crippen LogP contribution < -0.4 is 10.6 Å². The van der Waals surface area contributed by atoms with E-state index in [-0.39, 0.29) is 24.3 Å². The van der Waals surface area contributed by atoms with E-state index in [1.807, 2.05) is 13.8 Å². The Morgan fingerprint density at radius 2 is 1.67 bits per heavy atom. The van der Waals surface area contributed by atoms with Crippen molar-refractivity contribution >= 4 is 11.8 Å². The number of rotatable bonds is 7. The highest BCUT2D eigenvalue weighted by Crippen LogP contribution is 2.21. The first-order valence-electron chi connectivity index (χ1n) is 6.77. The van der Waals surface area contributed by atoms with Gasteiger partial charge in [-0.3, -0.25) is 9.59 Å². The lowest BCUT2D eigenvalue weighted by Crippen LogP contribution is -2.35. The first kappa shape index (κ1) is 16.9. The topological polar surface area (TPSA) is 58.2 Å². The van der Waals surface area contributed by atoms with E-state index in [1.54, 1.807) is 0 Å². The van der Waals surface area contributed by atoms with Crippen molar-refractivity contribution in [3.05, 3.63) is 0 Å². The molecule has 0 bridgehead atoms. The summed E-state index contributed by atoms with van der Waals surface area (Å²) in [6.07, 6.45) is 3.14. The minimum absolute atomic E-state index is 0.0720. The van der Waals surface area contributed by atoms with Crippen molar-refractivity contribution in [3.8, 4) is 0 Å². The van der Waals surface area contributed by atoms with Crippen molar-refractivity contribution < 1.29 is 9.59 Å². The SMILES string of the molecule is CC(C)NC(=O)CC(=O)NCCCCC(C)(C)C. The molecule has 0 saturated heterocycles. The predicted octanol–water partition coefficient (Wildman–Crippen LogP) is 2.23. The van der Waals surface area contributed by atoms with Gasteiger partial charge in [-0.05, 0) is 32.1 Å². The van der Waals surface area contributed by atoms with E-state index in [4.69, 9.17) is 0 Å². The zero-order chi connectivity index (χ0) is 14.2. The van der Waals surface area contributed by atoms with Crippen LogP contribution in [0.25, 0.3) is 0 Å². The van der Waals surface area contributed by atoms with E-state index < -0.39 is 0 Å². The van der Waals surface area contributed by atoms with E-state index in [1.165, 1.54) is 0 Å². The molecule has 2 amide bonds. The highest BCUT2D eigenvalue weighted by Gasteiger charge is 2.11. The molecule has 0 saturated carbocycles. The van der Waals surface area contributed by atoms with Gasteiger partial charge >= 0.3 is 0 Å². The standard InChI is InChI=1S/C14H28N2O2/c1-11(2)16-13(18)10-12(17)15-9-7-6-8-14(3,4)5/h11H,6-10H2,1-5H3,(H,15,17)(H,16,18). The molecule has 0 spiro atoms. The quantitative estimate of drug-likeness (QED) is 0.542. The molecule has 0 fully saturated rings. The van der Waals surface area contributed by atoms with Crippen molar-refractivity contribution in [3.63, 3.8) is 0 Å². The smallest absolute Gasteiger partial charge is 0.229 e. The summed E-state index contributed by atoms with van der Waals surface area (Å²) in [6, 6.07) is 0.0806. The summed E-state index contributed by atoms with van der Waals surface area (Å²) >= 11 is 0. The maximum absolute atomic E-state index is 11.4. The zero-order valence-corrected chi connectivity index (χ0v) is 12.4. The monoisotopic (exact) mass is 256 g/mol. The Bertz CT molecular complexity index is 267. The highest BCUT2D eigenvalue weighted by atomic mass is 16.2. The normalized spacial score (nSPS) is 11.4. The van der Waals surface area contributed by atoms with Crippen molar-refractivity contribution in [2.45, 2.75) is 66.3 Å². The summed E-state index contributed by atoms with van der Waals surface area (Å²) in [5.41, 5.74) is 0.348. The number of carbonyl (C=O) groups excluding carboxylic acids is 2. The first-order chi connectivity index (χ1) is 8.20. The molecule has 0 atom stereocenters. The number of nitrogens with one attached hydrogen (secondary N) is 2. The average molecular weight is 256 g/mol. The molecule has 0 aromatic rings. The molecule has 0 aliphatic carbocycles. The molecule has 0 unspecified atom stereocenters. The van der Waals surface area contributed by atoms with Crippen LogP contribution in [0.4, 0.5) is 0 Å². The van der Waals surface area contributed by atoms with E-state index in [2.05, 4.69) is 31.4 Å². The second kappa shape index (κ2) is 8.11. The third-order valence-electron chi connectivity index (χ3n) is 2.45. The van der Waals surface area contributed by atoms with Crippen LogP contribution in [0.3, 0.4) is 0 Å². The van der Waals surface area contributed by atoms with Crippen molar-refractivity contribution in [2.24, 2.45) is 5.41 Å². The Morgan fingerprint density at radius 3 is 2.17 bits per heavy atom. The molecular formula is C14H28N2O2. The average Bonchev–Trinajstić information content (AvgIpc) is 2.13. The van der Waals surface area contributed by atoms with Gasteiger partial charge in [-0.2, -0.15) is 0 Å². The van der Waals surface area contributed by atoms with Gasteiger partial charge in [0.05, 0.1) is 0 Å². The zero-order valence-electron chi connectivity index (χ0n) is 12.4. The second-order valence-electron chi connectivity index (χ2n) is 6.27. The molecule has 0 aromatic carbocycles. The van der Waals surface area contributed by atoms with Gasteiger partial charge in [0, 0.05) is 12.6 Å². The summed E-state index contributed by atoms with van der Waals surface area (Å²) in [4.78, 5) is 22.7. The maximum Gasteiger partial charge on any atom is 0.229 e. The van der Waals surface area contributed by atoms with Crippen LogP contribution in [-0.4, -0.2) is 24.4 Å². The summed E-state index contributed by atoms with van der Waals surface area (Å²) < 4.78 is 0. The molecule has 0 heterocycles. The molecule has 106 valence electrons. The highest BCUT2D eigenvalue weighted by molar-refractivity contribution is 5.96. The van der Waals surface area contributed by atoms with E-state index in [0.717, 1.165) is 19.3 Å². The van der Waals surface area contributed by atoms with Gasteiger partial charge in [-0.15, -0.1) is 0 Å². The fraction of sp³-hybridized carbons (Fsp3) is 0.857. The Balaban J connectivity index is 3.57. The van der Waals surface area contributed by atoms with E-state index in [0.29, 0.717) is 12.0 Å². The number of hydrogen-bond donors (Lipinski definition) is 2. The Morgan fingerprint density at radius 1 is 1.06 bits per heavy atom. The second-order valence-corrected chi connectivity index (χ2v) is 6.27. The van der Waals surface area contributed by atoms with Gasteiger partial charge in [0.2, 0.25) is 11.8 Å². The molecule has 18 heavy (non-hydrogen) atoms. The lowest BCUT2D eigenvalue weighted by atomic mass is 9.90. The predicted molar refractivity (Wildman–Crippen MR) is 74.2 cm³/mol. The summed E-state index contributed by atoms with van der Waals surface area (Å²) in [5, 5.41) is 5.47. The fourth-order valence-electron chi connectivity index (χ4n) is 1.59. The van der Waals surface area contributed by atoms with Crippen molar-refractivity contribution in [1.82, 2.24) is 10.6 Å². The summed E-state index contributed by atoms with van der Waals surface area (Å²) in [6.45, 7) is 11.0. The van der Waals surface area contributed by atoms with Crippen LogP contribution in [0.5, 0.6) is 0 Å². The van der Waals surface area contributed by atoms with Gasteiger partial charge in [0.1, 0.15) is 6.42 Å². The number of amides is 2. The lowest BCUT2D eigenvalue weighted by molar-refractivity contribution is -0.129. The third kappa shape index (κ3) is 11.4. The largest absolute Gasteiger partial charge is 0.356 e. The fourth-order valence-corrected chi connectivity index (χ4v) is 1.59. The van der Waals surface area contributed by atoms with Crippen LogP contribution >= 0.6 is 0 Å². The van der Waals surface area contributed by atoms with Crippen LogP contribution in [0.1, 0.15) is 60.3 Å². The van der Waals surface area contributed by atoms with Crippen LogP contribution in [0.15, 0.2) is 0 Å². The van der Waals surface area contributed by atoms with Crippen LogP contribution in [0.2, 0.25) is 0 Å². The van der Waals surface area contributed by atoms with Gasteiger partial charge in [-0.1, -0.05) is 27.2 Å². The molecule has 0 aliphatic rings. The molecule has 2 N–H and O–H groups in total. The molecular weight excluding hydrogens is 228 g/mol. The number of unbranched alkanes of at least 4 members (excludes halogenated alkanes) is 1. The maximum atomic E-state index is 11.4. The summed E-state index contributed by atoms with van der Waals surface area (Å²) in [7, 11) is 0. The molecule has 0 rings (SSSR count). The lowest BCUT2D eigenvalue weighted by Gasteiger charge is -2.17. The van der Waals surface area contributed by atoms with E-state index in [9.17, 15) is 9.59 Å². The number of carbonyl (C=O) groups is 2. The van der Waals surface area contributed by atoms with Crippen molar-refractivity contribution in [1.29, 1.82) is 0 Å². The van der Waals surface area contributed by atoms with Crippen molar-refractivity contribution in [2.75, 3.05) is 6.54 Å². The van der Waals surface area contributed by atoms with Gasteiger partial charge < -0.3 is 10.6 Å². The van der Waals surface area contributed by atoms with Gasteiger partial charge in [-0.25, -0.2) is 0 Å². The Kier molecular flexibility index (Phi) is 7.64.